The molecule has 1 saturated carbocycles. The molecule has 0 unspecified atom stereocenters. The molecule has 1 aliphatic carbocycles. The van der Waals surface area contributed by atoms with Crippen LogP contribution in [0.15, 0.2) is 24.5 Å². The number of nitrogens with zero attached hydrogens (tertiary/aromatic N) is 2. The van der Waals surface area contributed by atoms with Crippen molar-refractivity contribution in [3.05, 3.63) is 30.2 Å². The molecule has 1 aliphatic rings. The van der Waals surface area contributed by atoms with Gasteiger partial charge in [-0.05, 0) is 48.0 Å². The lowest BCUT2D eigenvalue weighted by Crippen LogP contribution is -2.50. The molecule has 0 aromatic carbocycles. The molecule has 0 bridgehead atoms. The van der Waals surface area contributed by atoms with Crippen LogP contribution >= 0.6 is 0 Å². The van der Waals surface area contributed by atoms with E-state index in [0.29, 0.717) is 34.4 Å². The van der Waals surface area contributed by atoms with Crippen LogP contribution in [-0.2, 0) is 4.43 Å². The van der Waals surface area contributed by atoms with Crippen molar-refractivity contribution in [2.45, 2.75) is 89.6 Å². The summed E-state index contributed by atoms with van der Waals surface area (Å²) < 4.78 is 8.59. The molecule has 0 saturated heterocycles. The van der Waals surface area contributed by atoms with Crippen molar-refractivity contribution in [2.24, 2.45) is 0 Å². The van der Waals surface area contributed by atoms with Gasteiger partial charge in [0.15, 0.2) is 5.69 Å². The molecule has 3 rings (SSSR count). The van der Waals surface area contributed by atoms with Crippen LogP contribution in [0.5, 0.6) is 0 Å². The Kier molecular flexibility index (Phi) is 6.38. The number of imidazole rings is 1. The van der Waals surface area contributed by atoms with Gasteiger partial charge in [-0.1, -0.05) is 41.5 Å². The second-order valence-corrected chi connectivity index (χ2v) is 14.7. The number of aromatic nitrogens is 2. The largest absolute Gasteiger partial charge is 0.477 e. The zero-order valence-electron chi connectivity index (χ0n) is 18.5. The van der Waals surface area contributed by atoms with E-state index in [1.54, 1.807) is 4.40 Å². The average molecular weight is 418 g/mol. The number of pyridine rings is 1. The standard InChI is InChI=1S/C22H35N3O3Si/c1-14(2)29(15(3)4,16(5)6)28-19-9-7-17(11-19)24-18-8-10-21-23-12-20(22(26)27)25(21)13-18/h8,10,12-17,19,24H,7,9,11H2,1-6H3,(H,26,27)/t17-,19-/m0/s1. The minimum Gasteiger partial charge on any atom is -0.477 e. The fraction of sp³-hybridized carbons (Fsp3) is 0.636. The summed E-state index contributed by atoms with van der Waals surface area (Å²) in [6, 6.07) is 4.16. The van der Waals surface area contributed by atoms with E-state index in [0.717, 1.165) is 24.9 Å². The van der Waals surface area contributed by atoms with E-state index in [4.69, 9.17) is 4.43 Å². The van der Waals surface area contributed by atoms with Crippen LogP contribution in [0.25, 0.3) is 5.65 Å². The topological polar surface area (TPSA) is 75.9 Å². The van der Waals surface area contributed by atoms with E-state index >= 15 is 0 Å². The third kappa shape index (κ3) is 4.21. The Morgan fingerprint density at radius 3 is 2.41 bits per heavy atom. The van der Waals surface area contributed by atoms with Gasteiger partial charge >= 0.3 is 5.97 Å². The zero-order chi connectivity index (χ0) is 21.3. The monoisotopic (exact) mass is 417 g/mol. The van der Waals surface area contributed by atoms with Gasteiger partial charge in [-0.3, -0.25) is 4.40 Å². The van der Waals surface area contributed by atoms with E-state index in [-0.39, 0.29) is 5.69 Å². The Bertz CT molecular complexity index is 840. The maximum Gasteiger partial charge on any atom is 0.354 e. The van der Waals surface area contributed by atoms with E-state index in [9.17, 15) is 9.90 Å². The molecule has 7 heteroatoms. The molecule has 0 aliphatic heterocycles. The molecule has 0 spiro atoms. The fourth-order valence-corrected chi connectivity index (χ4v) is 10.9. The molecule has 0 radical (unpaired) electrons. The normalized spacial score (nSPS) is 20.3. The maximum absolute atomic E-state index is 11.4. The van der Waals surface area contributed by atoms with Crippen LogP contribution in [0, 0.1) is 0 Å². The summed E-state index contributed by atoms with van der Waals surface area (Å²) in [5.74, 6) is -0.971. The molecule has 160 valence electrons. The maximum atomic E-state index is 11.4. The molecule has 2 aromatic heterocycles. The zero-order valence-corrected chi connectivity index (χ0v) is 19.5. The average Bonchev–Trinajstić information content (AvgIpc) is 3.25. The molecule has 2 aromatic rings. The first-order chi connectivity index (χ1) is 13.6. The van der Waals surface area contributed by atoms with Crippen molar-refractivity contribution in [1.29, 1.82) is 0 Å². The minimum atomic E-state index is -1.87. The first-order valence-electron chi connectivity index (χ1n) is 10.8. The smallest absolute Gasteiger partial charge is 0.354 e. The van der Waals surface area contributed by atoms with Crippen molar-refractivity contribution in [2.75, 3.05) is 5.32 Å². The lowest BCUT2D eigenvalue weighted by atomic mass is 10.2. The first kappa shape index (κ1) is 21.8. The molecule has 2 heterocycles. The summed E-state index contributed by atoms with van der Waals surface area (Å²) in [6.07, 6.45) is 6.67. The number of rotatable bonds is 8. The molecule has 2 atom stereocenters. The second kappa shape index (κ2) is 8.48. The number of carboxylic acid groups (broad SMARTS) is 1. The highest BCUT2D eigenvalue weighted by Gasteiger charge is 2.47. The van der Waals surface area contributed by atoms with Crippen molar-refractivity contribution in [1.82, 2.24) is 9.38 Å². The molecule has 0 amide bonds. The lowest BCUT2D eigenvalue weighted by molar-refractivity contribution is 0.0689. The van der Waals surface area contributed by atoms with Crippen molar-refractivity contribution in [3.8, 4) is 0 Å². The predicted molar refractivity (Wildman–Crippen MR) is 119 cm³/mol. The Morgan fingerprint density at radius 2 is 1.83 bits per heavy atom. The fourth-order valence-electron chi connectivity index (χ4n) is 5.34. The molecule has 1 fully saturated rings. The van der Waals surface area contributed by atoms with Crippen LogP contribution in [0.4, 0.5) is 5.69 Å². The minimum absolute atomic E-state index is 0.179. The van der Waals surface area contributed by atoms with E-state index < -0.39 is 14.3 Å². The van der Waals surface area contributed by atoms with Gasteiger partial charge in [0.05, 0.1) is 11.9 Å². The highest BCUT2D eigenvalue weighted by molar-refractivity contribution is 6.77. The molecular formula is C22H35N3O3Si. The Morgan fingerprint density at radius 1 is 1.17 bits per heavy atom. The quantitative estimate of drug-likeness (QED) is 0.550. The van der Waals surface area contributed by atoms with Gasteiger partial charge in [0, 0.05) is 18.3 Å². The molecule has 2 N–H and O–H groups in total. The summed E-state index contributed by atoms with van der Waals surface area (Å²) >= 11 is 0. The van der Waals surface area contributed by atoms with Crippen molar-refractivity contribution >= 4 is 25.6 Å². The number of hydrogen-bond donors (Lipinski definition) is 2. The van der Waals surface area contributed by atoms with Crippen LogP contribution in [0.1, 0.15) is 71.3 Å². The highest BCUT2D eigenvalue weighted by Crippen LogP contribution is 2.44. The van der Waals surface area contributed by atoms with Gasteiger partial charge in [-0.15, -0.1) is 0 Å². The van der Waals surface area contributed by atoms with E-state index in [1.165, 1.54) is 6.20 Å². The third-order valence-electron chi connectivity index (χ3n) is 6.56. The van der Waals surface area contributed by atoms with Gasteiger partial charge in [-0.2, -0.15) is 0 Å². The summed E-state index contributed by atoms with van der Waals surface area (Å²) in [4.78, 5) is 15.5. The van der Waals surface area contributed by atoms with Gasteiger partial charge in [0.25, 0.3) is 0 Å². The number of carboxylic acids is 1. The van der Waals surface area contributed by atoms with Crippen LogP contribution in [0.3, 0.4) is 0 Å². The lowest BCUT2D eigenvalue weighted by Gasteiger charge is -2.44. The second-order valence-electron chi connectivity index (χ2n) is 9.31. The SMILES string of the molecule is CC(C)[Si](O[C@H]1CC[C@H](Nc2ccc3ncc(C(=O)O)n3c2)C1)(C(C)C)C(C)C. The number of aromatic carboxylic acids is 1. The van der Waals surface area contributed by atoms with Gasteiger partial charge < -0.3 is 14.8 Å². The van der Waals surface area contributed by atoms with Gasteiger partial charge in [0.2, 0.25) is 8.32 Å². The number of carbonyl (C=O) groups is 1. The molecule has 6 nitrogen and oxygen atoms in total. The number of fused-ring (bicyclic) bond motifs is 1. The summed E-state index contributed by atoms with van der Waals surface area (Å²) in [7, 11) is -1.87. The van der Waals surface area contributed by atoms with Crippen LogP contribution < -0.4 is 5.32 Å². The Balaban J connectivity index is 1.70. The first-order valence-corrected chi connectivity index (χ1v) is 12.9. The predicted octanol–water partition coefficient (Wildman–Crippen LogP) is 5.56. The molecular weight excluding hydrogens is 382 g/mol. The Labute approximate surface area is 174 Å². The van der Waals surface area contributed by atoms with E-state index in [1.807, 2.05) is 18.3 Å². The van der Waals surface area contributed by atoms with E-state index in [2.05, 4.69) is 51.8 Å². The Hall–Kier alpha value is -1.86. The summed E-state index contributed by atoms with van der Waals surface area (Å²) in [5.41, 5.74) is 3.51. The number of nitrogens with one attached hydrogen (secondary N) is 1. The summed E-state index contributed by atoms with van der Waals surface area (Å²) in [6.45, 7) is 14.0. The molecule has 29 heavy (non-hydrogen) atoms. The summed E-state index contributed by atoms with van der Waals surface area (Å²) in [5, 5.41) is 12.9. The van der Waals surface area contributed by atoms with Gasteiger partial charge in [-0.25, -0.2) is 9.78 Å². The highest BCUT2D eigenvalue weighted by atomic mass is 28.4. The third-order valence-corrected chi connectivity index (χ3v) is 12.7. The van der Waals surface area contributed by atoms with Crippen molar-refractivity contribution < 1.29 is 14.3 Å². The van der Waals surface area contributed by atoms with Crippen LogP contribution in [0.2, 0.25) is 16.6 Å². The number of anilines is 1. The van der Waals surface area contributed by atoms with Gasteiger partial charge in [0.1, 0.15) is 5.65 Å². The number of hydrogen-bond acceptors (Lipinski definition) is 4. The van der Waals surface area contributed by atoms with Crippen LogP contribution in [-0.4, -0.2) is 40.9 Å². The van der Waals surface area contributed by atoms with Crippen molar-refractivity contribution in [3.63, 3.8) is 0 Å².